The number of rotatable bonds is 7. The van der Waals surface area contributed by atoms with Crippen LogP contribution in [0.1, 0.15) is 42.3 Å². The van der Waals surface area contributed by atoms with Gasteiger partial charge in [-0.1, -0.05) is 18.6 Å². The fraction of sp³-hybridized carbons (Fsp3) is 0.500. The quantitative estimate of drug-likeness (QED) is 0.558. The predicted molar refractivity (Wildman–Crippen MR) is 109 cm³/mol. The summed E-state index contributed by atoms with van der Waals surface area (Å²) in [6, 6.07) is 10.7. The van der Waals surface area contributed by atoms with E-state index in [9.17, 15) is 0 Å². The van der Waals surface area contributed by atoms with Crippen LogP contribution in [-0.2, 0) is 6.54 Å². The van der Waals surface area contributed by atoms with Crippen molar-refractivity contribution in [2.45, 2.75) is 43.3 Å². The third-order valence-electron chi connectivity index (χ3n) is 5.00. The van der Waals surface area contributed by atoms with Gasteiger partial charge in [-0.05, 0) is 73.4 Å². The molecule has 0 saturated carbocycles. The van der Waals surface area contributed by atoms with E-state index in [1.165, 1.54) is 47.7 Å². The SMILES string of the molecule is NC1c2sccc2SN1CCCOc1cccc(CN2CCCCC2)c1. The first-order valence-electron chi connectivity index (χ1n) is 9.51. The maximum Gasteiger partial charge on any atom is 0.119 e. The molecule has 2 aliphatic rings. The first kappa shape index (κ1) is 18.3. The first-order chi connectivity index (χ1) is 12.8. The standard InChI is InChI=1S/C20H27N3OS2/c21-20-19-18(8-13-25-19)26-23(20)11-5-12-24-17-7-4-6-16(14-17)15-22-9-2-1-3-10-22/h4,6-8,13-14,20H,1-3,5,9-12,15,21H2. The number of thiophene rings is 1. The Kier molecular flexibility index (Phi) is 6.17. The van der Waals surface area contributed by atoms with Gasteiger partial charge in [-0.3, -0.25) is 4.90 Å². The lowest BCUT2D eigenvalue weighted by Crippen LogP contribution is -2.29. The van der Waals surface area contributed by atoms with Gasteiger partial charge in [0, 0.05) is 18.0 Å². The minimum atomic E-state index is 0.0304. The van der Waals surface area contributed by atoms with Crippen molar-refractivity contribution in [1.82, 2.24) is 9.21 Å². The van der Waals surface area contributed by atoms with Crippen LogP contribution >= 0.6 is 23.3 Å². The van der Waals surface area contributed by atoms with Crippen molar-refractivity contribution in [2.24, 2.45) is 5.73 Å². The maximum atomic E-state index is 6.31. The summed E-state index contributed by atoms with van der Waals surface area (Å²) in [4.78, 5) is 5.16. The number of ether oxygens (including phenoxy) is 1. The number of fused-ring (bicyclic) bond motifs is 1. The van der Waals surface area contributed by atoms with Crippen LogP contribution < -0.4 is 10.5 Å². The topological polar surface area (TPSA) is 41.7 Å². The average molecular weight is 390 g/mol. The van der Waals surface area contributed by atoms with Crippen LogP contribution in [0.3, 0.4) is 0 Å². The van der Waals surface area contributed by atoms with Crippen LogP contribution in [0.2, 0.25) is 0 Å². The van der Waals surface area contributed by atoms with E-state index in [-0.39, 0.29) is 6.17 Å². The number of nitrogens with zero attached hydrogens (tertiary/aromatic N) is 2. The first-order valence-corrected chi connectivity index (χ1v) is 11.2. The monoisotopic (exact) mass is 389 g/mol. The molecule has 2 aromatic rings. The molecule has 1 aromatic heterocycles. The summed E-state index contributed by atoms with van der Waals surface area (Å²) >= 11 is 3.53. The minimum Gasteiger partial charge on any atom is -0.494 e. The van der Waals surface area contributed by atoms with Gasteiger partial charge in [0.1, 0.15) is 11.9 Å². The number of hydrogen-bond donors (Lipinski definition) is 1. The van der Waals surface area contributed by atoms with Crippen molar-refractivity contribution in [1.29, 1.82) is 0 Å². The summed E-state index contributed by atoms with van der Waals surface area (Å²) in [6.45, 7) is 5.17. The highest BCUT2D eigenvalue weighted by molar-refractivity contribution is 7.97. The van der Waals surface area contributed by atoms with Crippen molar-refractivity contribution in [3.8, 4) is 5.75 Å². The van der Waals surface area contributed by atoms with E-state index in [0.29, 0.717) is 0 Å². The van der Waals surface area contributed by atoms with E-state index in [0.717, 1.165) is 31.9 Å². The molecular weight excluding hydrogens is 362 g/mol. The van der Waals surface area contributed by atoms with Crippen molar-refractivity contribution in [2.75, 3.05) is 26.2 Å². The fourth-order valence-electron chi connectivity index (χ4n) is 3.62. The Morgan fingerprint density at radius 2 is 2.04 bits per heavy atom. The number of piperidine rings is 1. The lowest BCUT2D eigenvalue weighted by Gasteiger charge is -2.26. The molecule has 0 radical (unpaired) electrons. The Hall–Kier alpha value is -1.05. The van der Waals surface area contributed by atoms with Crippen molar-refractivity contribution < 1.29 is 4.74 Å². The zero-order valence-electron chi connectivity index (χ0n) is 15.1. The summed E-state index contributed by atoms with van der Waals surface area (Å²) in [5, 5.41) is 2.12. The highest BCUT2D eigenvalue weighted by atomic mass is 32.2. The minimum absolute atomic E-state index is 0.0304. The summed E-state index contributed by atoms with van der Waals surface area (Å²) < 4.78 is 8.26. The average Bonchev–Trinajstić information content (AvgIpc) is 3.23. The summed E-state index contributed by atoms with van der Waals surface area (Å²) in [6.07, 6.45) is 5.06. The van der Waals surface area contributed by atoms with Crippen molar-refractivity contribution in [3.05, 3.63) is 46.2 Å². The number of nitrogens with two attached hydrogens (primary N) is 1. The van der Waals surface area contributed by atoms with E-state index in [2.05, 4.69) is 44.9 Å². The zero-order valence-corrected chi connectivity index (χ0v) is 16.7. The van der Waals surface area contributed by atoms with Crippen LogP contribution in [-0.4, -0.2) is 35.4 Å². The molecule has 1 aromatic carbocycles. The molecule has 1 fully saturated rings. The molecule has 0 amide bonds. The lowest BCUT2D eigenvalue weighted by atomic mass is 10.1. The van der Waals surface area contributed by atoms with Gasteiger partial charge in [0.15, 0.2) is 0 Å². The van der Waals surface area contributed by atoms with E-state index < -0.39 is 0 Å². The Morgan fingerprint density at radius 3 is 2.88 bits per heavy atom. The molecule has 0 aliphatic carbocycles. The predicted octanol–water partition coefficient (Wildman–Crippen LogP) is 4.48. The normalized spacial score (nSPS) is 21.0. The van der Waals surface area contributed by atoms with Gasteiger partial charge in [-0.25, -0.2) is 4.31 Å². The molecule has 140 valence electrons. The van der Waals surface area contributed by atoms with Gasteiger partial charge < -0.3 is 10.5 Å². The molecule has 0 spiro atoms. The van der Waals surface area contributed by atoms with Gasteiger partial charge in [0.2, 0.25) is 0 Å². The van der Waals surface area contributed by atoms with E-state index >= 15 is 0 Å². The Balaban J connectivity index is 1.21. The van der Waals surface area contributed by atoms with Crippen LogP contribution in [0.15, 0.2) is 40.6 Å². The third kappa shape index (κ3) is 4.43. The van der Waals surface area contributed by atoms with Crippen LogP contribution in [0.4, 0.5) is 0 Å². The highest BCUT2D eigenvalue weighted by Gasteiger charge is 2.29. The van der Waals surface area contributed by atoms with Gasteiger partial charge in [-0.15, -0.1) is 11.3 Å². The summed E-state index contributed by atoms with van der Waals surface area (Å²) in [5.41, 5.74) is 7.66. The van der Waals surface area contributed by atoms with E-state index in [1.54, 1.807) is 23.3 Å². The largest absolute Gasteiger partial charge is 0.494 e. The Morgan fingerprint density at radius 1 is 1.15 bits per heavy atom. The van der Waals surface area contributed by atoms with Crippen LogP contribution in [0.5, 0.6) is 5.75 Å². The molecule has 1 saturated heterocycles. The smallest absolute Gasteiger partial charge is 0.119 e. The van der Waals surface area contributed by atoms with Crippen molar-refractivity contribution >= 4 is 23.3 Å². The van der Waals surface area contributed by atoms with Crippen LogP contribution in [0, 0.1) is 0 Å². The highest BCUT2D eigenvalue weighted by Crippen LogP contribution is 2.44. The molecule has 4 rings (SSSR count). The second-order valence-corrected chi connectivity index (χ2v) is 9.05. The molecule has 4 nitrogen and oxygen atoms in total. The van der Waals surface area contributed by atoms with E-state index in [1.807, 2.05) is 0 Å². The van der Waals surface area contributed by atoms with E-state index in [4.69, 9.17) is 10.5 Å². The Labute approximate surface area is 164 Å². The molecular formula is C20H27N3OS2. The maximum absolute atomic E-state index is 6.31. The van der Waals surface area contributed by atoms with Gasteiger partial charge in [0.25, 0.3) is 0 Å². The third-order valence-corrected chi connectivity index (χ3v) is 7.31. The molecule has 6 heteroatoms. The van der Waals surface area contributed by atoms with Gasteiger partial charge in [-0.2, -0.15) is 0 Å². The molecule has 2 aliphatic heterocycles. The molecule has 26 heavy (non-hydrogen) atoms. The number of likely N-dealkylation sites (tertiary alicyclic amines) is 1. The van der Waals surface area contributed by atoms with Crippen LogP contribution in [0.25, 0.3) is 0 Å². The molecule has 1 unspecified atom stereocenters. The summed E-state index contributed by atoms with van der Waals surface area (Å²) in [5.74, 6) is 0.983. The Bertz CT molecular complexity index is 715. The zero-order chi connectivity index (χ0) is 17.8. The number of hydrogen-bond acceptors (Lipinski definition) is 6. The molecule has 0 bridgehead atoms. The second kappa shape index (κ2) is 8.76. The molecule has 2 N–H and O–H groups in total. The number of benzene rings is 1. The fourth-order valence-corrected chi connectivity index (χ4v) is 5.86. The van der Waals surface area contributed by atoms with Crippen molar-refractivity contribution in [3.63, 3.8) is 0 Å². The molecule has 1 atom stereocenters. The lowest BCUT2D eigenvalue weighted by molar-refractivity contribution is 0.220. The summed E-state index contributed by atoms with van der Waals surface area (Å²) in [7, 11) is 0. The molecule has 3 heterocycles. The second-order valence-electron chi connectivity index (χ2n) is 7.01. The van der Waals surface area contributed by atoms with Gasteiger partial charge in [0.05, 0.1) is 11.5 Å². The van der Waals surface area contributed by atoms with Gasteiger partial charge >= 0.3 is 0 Å².